The lowest BCUT2D eigenvalue weighted by Gasteiger charge is -2.15. The summed E-state index contributed by atoms with van der Waals surface area (Å²) >= 11 is 0. The third kappa shape index (κ3) is 7.08. The second-order valence-electron chi connectivity index (χ2n) is 3.68. The highest BCUT2D eigenvalue weighted by Gasteiger charge is 2.15. The number of rotatable bonds is 10. The molecule has 0 heterocycles. The van der Waals surface area contributed by atoms with Crippen LogP contribution in [0, 0.1) is 0 Å². The van der Waals surface area contributed by atoms with Crippen molar-refractivity contribution in [3.8, 4) is 0 Å². The molecule has 0 spiro atoms. The molecular weight excluding hydrogens is 256 g/mol. The van der Waals surface area contributed by atoms with Gasteiger partial charge < -0.3 is 10.6 Å². The summed E-state index contributed by atoms with van der Waals surface area (Å²) in [4.78, 5) is 22.6. The van der Waals surface area contributed by atoms with Crippen LogP contribution in [0.15, 0.2) is 0 Å². The molecule has 0 amide bonds. The average molecular weight is 278 g/mol. The van der Waals surface area contributed by atoms with E-state index in [1.165, 1.54) is 0 Å². The van der Waals surface area contributed by atoms with Gasteiger partial charge >= 0.3 is 0 Å². The van der Waals surface area contributed by atoms with Gasteiger partial charge in [-0.05, 0) is 21.0 Å². The molecule has 0 bridgehead atoms. The molecule has 0 aromatic rings. The summed E-state index contributed by atoms with van der Waals surface area (Å²) in [5.41, 5.74) is 0. The van der Waals surface area contributed by atoms with Crippen LogP contribution in [0.25, 0.3) is 0 Å². The van der Waals surface area contributed by atoms with E-state index in [2.05, 4.69) is 10.6 Å². The molecule has 0 aromatic heterocycles. The van der Waals surface area contributed by atoms with Gasteiger partial charge in [0.05, 0.1) is 12.1 Å². The van der Waals surface area contributed by atoms with E-state index in [0.717, 1.165) is 11.5 Å². The minimum Gasteiger partial charge on any atom is -0.310 e. The van der Waals surface area contributed by atoms with Crippen LogP contribution in [0.4, 0.5) is 0 Å². The van der Waals surface area contributed by atoms with Crippen LogP contribution in [-0.2, 0) is 9.59 Å². The molecule has 0 saturated carbocycles. The lowest BCUT2D eigenvalue weighted by atomic mass is 10.2. The van der Waals surface area contributed by atoms with E-state index in [-0.39, 0.29) is 23.7 Å². The Labute approximate surface area is 111 Å². The highest BCUT2D eigenvalue weighted by Crippen LogP contribution is 2.23. The lowest BCUT2D eigenvalue weighted by Crippen LogP contribution is -2.36. The summed E-state index contributed by atoms with van der Waals surface area (Å²) in [6.07, 6.45) is 0.559. The van der Waals surface area contributed by atoms with Crippen molar-refractivity contribution < 1.29 is 9.59 Å². The Hall–Kier alpha value is -0.0400. The van der Waals surface area contributed by atoms with Crippen LogP contribution in [0.2, 0.25) is 0 Å². The molecule has 0 unspecified atom stereocenters. The van der Waals surface area contributed by atoms with Gasteiger partial charge in [0.1, 0.15) is 11.6 Å². The van der Waals surface area contributed by atoms with Gasteiger partial charge in [-0.25, -0.2) is 0 Å². The van der Waals surface area contributed by atoms with E-state index < -0.39 is 0 Å². The first-order valence-corrected chi connectivity index (χ1v) is 8.17. The third-order valence-electron chi connectivity index (χ3n) is 2.48. The fraction of sp³-hybridized carbons (Fsp3) is 0.818. The van der Waals surface area contributed by atoms with Crippen LogP contribution in [-0.4, -0.2) is 49.3 Å². The largest absolute Gasteiger partial charge is 0.310 e. The Kier molecular flexibility index (Phi) is 9.91. The first-order chi connectivity index (χ1) is 8.06. The molecule has 2 N–H and O–H groups in total. The fourth-order valence-corrected chi connectivity index (χ4v) is 3.83. The van der Waals surface area contributed by atoms with E-state index in [4.69, 9.17) is 0 Å². The molecule has 0 aliphatic heterocycles. The number of Topliss-reactive ketones (excluding diaryl/α,β-unsaturated/α-hetero) is 2. The van der Waals surface area contributed by atoms with Crippen molar-refractivity contribution in [1.29, 1.82) is 0 Å². The minimum absolute atomic E-state index is 0.0807. The predicted molar refractivity (Wildman–Crippen MR) is 76.6 cm³/mol. The summed E-state index contributed by atoms with van der Waals surface area (Å²) in [5, 5.41) is 5.98. The van der Waals surface area contributed by atoms with E-state index in [1.54, 1.807) is 42.6 Å². The molecule has 0 aliphatic carbocycles. The molecular formula is C11H22N2O2S2. The number of likely N-dealkylation sites (N-methyl/N-ethyl adjacent to an activating group) is 2. The maximum absolute atomic E-state index is 11.5. The van der Waals surface area contributed by atoms with Crippen LogP contribution in [0.1, 0.15) is 20.3 Å². The molecule has 17 heavy (non-hydrogen) atoms. The number of carbonyl (C=O) groups is 2. The van der Waals surface area contributed by atoms with Crippen molar-refractivity contribution in [1.82, 2.24) is 10.6 Å². The zero-order chi connectivity index (χ0) is 13.3. The SMILES string of the molecule is CCC(=O)[C@H](CSSC[C@H](NC)C(C)=O)NC. The Morgan fingerprint density at radius 1 is 1.06 bits per heavy atom. The van der Waals surface area contributed by atoms with Crippen molar-refractivity contribution in [2.24, 2.45) is 0 Å². The molecule has 0 radical (unpaired) electrons. The van der Waals surface area contributed by atoms with Crippen LogP contribution in [0.3, 0.4) is 0 Å². The summed E-state index contributed by atoms with van der Waals surface area (Å²) in [7, 11) is 6.85. The highest BCUT2D eigenvalue weighted by molar-refractivity contribution is 8.76. The molecule has 4 nitrogen and oxygen atoms in total. The first-order valence-electron chi connectivity index (χ1n) is 5.68. The topological polar surface area (TPSA) is 58.2 Å². The number of carbonyl (C=O) groups excluding carboxylic acids is 2. The van der Waals surface area contributed by atoms with Gasteiger partial charge in [-0.2, -0.15) is 0 Å². The van der Waals surface area contributed by atoms with Gasteiger partial charge in [0, 0.05) is 17.9 Å². The summed E-state index contributed by atoms with van der Waals surface area (Å²) in [5.74, 6) is 1.85. The average Bonchev–Trinajstić information content (AvgIpc) is 2.32. The van der Waals surface area contributed by atoms with Crippen LogP contribution in [0.5, 0.6) is 0 Å². The van der Waals surface area contributed by atoms with Crippen molar-refractivity contribution >= 4 is 33.2 Å². The minimum atomic E-state index is -0.0950. The van der Waals surface area contributed by atoms with Gasteiger partial charge in [0.15, 0.2) is 0 Å². The number of nitrogens with one attached hydrogen (secondary N) is 2. The van der Waals surface area contributed by atoms with Crippen molar-refractivity contribution in [2.75, 3.05) is 25.6 Å². The molecule has 100 valence electrons. The number of hydrogen-bond acceptors (Lipinski definition) is 6. The van der Waals surface area contributed by atoms with Crippen LogP contribution < -0.4 is 10.6 Å². The smallest absolute Gasteiger partial charge is 0.150 e. The Bertz CT molecular complexity index is 250. The number of hydrogen-bond donors (Lipinski definition) is 2. The Balaban J connectivity index is 3.82. The normalized spacial score (nSPS) is 14.4. The van der Waals surface area contributed by atoms with Crippen molar-refractivity contribution in [3.05, 3.63) is 0 Å². The number of ketones is 2. The quantitative estimate of drug-likeness (QED) is 0.461. The van der Waals surface area contributed by atoms with Gasteiger partial charge in [0.25, 0.3) is 0 Å². The zero-order valence-electron chi connectivity index (χ0n) is 10.9. The van der Waals surface area contributed by atoms with Gasteiger partial charge in [-0.15, -0.1) is 0 Å². The van der Waals surface area contributed by atoms with Gasteiger partial charge in [-0.3, -0.25) is 9.59 Å². The van der Waals surface area contributed by atoms with Gasteiger partial charge in [-0.1, -0.05) is 28.5 Å². The van der Waals surface area contributed by atoms with Crippen molar-refractivity contribution in [3.63, 3.8) is 0 Å². The Morgan fingerprint density at radius 3 is 1.88 bits per heavy atom. The molecule has 2 atom stereocenters. The third-order valence-corrected chi connectivity index (χ3v) is 4.90. The second-order valence-corrected chi connectivity index (χ2v) is 6.23. The lowest BCUT2D eigenvalue weighted by molar-refractivity contribution is -0.120. The molecule has 0 saturated heterocycles. The van der Waals surface area contributed by atoms with E-state index >= 15 is 0 Å². The summed E-state index contributed by atoms with van der Waals surface area (Å²) in [6.45, 7) is 3.46. The van der Waals surface area contributed by atoms with E-state index in [9.17, 15) is 9.59 Å². The standard InChI is InChI=1S/C11H22N2O2S2/c1-5-11(15)10(13-4)7-17-16-6-9(12-3)8(2)14/h9-10,12-13H,5-7H2,1-4H3/t9-,10-/m0/s1. The van der Waals surface area contributed by atoms with Crippen molar-refractivity contribution in [2.45, 2.75) is 32.4 Å². The molecule has 6 heteroatoms. The molecule has 0 aliphatic rings. The summed E-state index contributed by atoms with van der Waals surface area (Å²) in [6, 6.07) is -0.176. The predicted octanol–water partition coefficient (Wildman–Crippen LogP) is 1.11. The maximum Gasteiger partial charge on any atom is 0.150 e. The van der Waals surface area contributed by atoms with Gasteiger partial charge in [0.2, 0.25) is 0 Å². The molecule has 0 aromatic carbocycles. The Morgan fingerprint density at radius 2 is 1.53 bits per heavy atom. The van der Waals surface area contributed by atoms with Crippen LogP contribution >= 0.6 is 21.6 Å². The van der Waals surface area contributed by atoms with E-state index in [0.29, 0.717) is 6.42 Å². The second kappa shape index (κ2) is 9.94. The zero-order valence-corrected chi connectivity index (χ0v) is 12.5. The molecule has 0 fully saturated rings. The highest BCUT2D eigenvalue weighted by atomic mass is 33.1. The first kappa shape index (κ1) is 17.0. The monoisotopic (exact) mass is 278 g/mol. The van der Waals surface area contributed by atoms with E-state index in [1.807, 2.05) is 6.92 Å². The summed E-state index contributed by atoms with van der Waals surface area (Å²) < 4.78 is 0. The molecule has 0 rings (SSSR count). The fourth-order valence-electron chi connectivity index (χ4n) is 1.22. The maximum atomic E-state index is 11.5.